The third-order valence-corrected chi connectivity index (χ3v) is 2.11. The van der Waals surface area contributed by atoms with Crippen LogP contribution < -0.4 is 5.73 Å². The Kier molecular flexibility index (Phi) is 2.11. The molecule has 0 bridgehead atoms. The van der Waals surface area contributed by atoms with E-state index >= 15 is 0 Å². The molecule has 0 radical (unpaired) electrons. The monoisotopic (exact) mass is 163 g/mol. The van der Waals surface area contributed by atoms with E-state index in [9.17, 15) is 13.6 Å². The fourth-order valence-corrected chi connectivity index (χ4v) is 1.44. The first-order valence-electron chi connectivity index (χ1n) is 3.71. The van der Waals surface area contributed by atoms with E-state index in [1.165, 1.54) is 0 Å². The van der Waals surface area contributed by atoms with Crippen LogP contribution in [0.2, 0.25) is 0 Å². The lowest BCUT2D eigenvalue weighted by Gasteiger charge is -2.28. The number of hydrogen-bond donors (Lipinski definition) is 1. The summed E-state index contributed by atoms with van der Waals surface area (Å²) in [4.78, 5) is 10.5. The highest BCUT2D eigenvalue weighted by molar-refractivity contribution is 5.77. The lowest BCUT2D eigenvalue weighted by atomic mass is 9.85. The van der Waals surface area contributed by atoms with Crippen LogP contribution in [0.3, 0.4) is 0 Å². The third-order valence-electron chi connectivity index (χ3n) is 2.11. The molecule has 1 unspecified atom stereocenters. The Morgan fingerprint density at radius 3 is 2.45 bits per heavy atom. The highest BCUT2D eigenvalue weighted by Crippen LogP contribution is 2.37. The molecule has 0 saturated heterocycles. The first-order chi connectivity index (χ1) is 5.04. The Labute approximate surface area is 63.8 Å². The first-order valence-corrected chi connectivity index (χ1v) is 3.71. The zero-order valence-corrected chi connectivity index (χ0v) is 6.15. The molecule has 2 N–H and O–H groups in total. The van der Waals surface area contributed by atoms with Crippen LogP contribution >= 0.6 is 0 Å². The van der Waals surface area contributed by atoms with Crippen molar-refractivity contribution in [1.82, 2.24) is 0 Å². The minimum absolute atomic E-state index is 0.194. The van der Waals surface area contributed by atoms with Crippen LogP contribution in [-0.2, 0) is 4.79 Å². The van der Waals surface area contributed by atoms with E-state index in [4.69, 9.17) is 5.73 Å². The van der Waals surface area contributed by atoms with Crippen molar-refractivity contribution in [3.05, 3.63) is 0 Å². The van der Waals surface area contributed by atoms with Gasteiger partial charge in [0.25, 0.3) is 5.92 Å². The molecule has 1 aliphatic carbocycles. The molecule has 1 fully saturated rings. The maximum atomic E-state index is 12.8. The number of nitrogens with two attached hydrogens (primary N) is 1. The van der Waals surface area contributed by atoms with Crippen LogP contribution in [0.5, 0.6) is 0 Å². The fraction of sp³-hybridized carbons (Fsp3) is 0.857. The predicted octanol–water partition coefficient (Wildman–Crippen LogP) is 1.30. The first kappa shape index (κ1) is 8.43. The molecule has 0 heterocycles. The molecule has 0 aromatic rings. The number of alkyl halides is 2. The topological polar surface area (TPSA) is 43.1 Å². The number of amides is 1. The lowest BCUT2D eigenvalue weighted by Crippen LogP contribution is -2.40. The van der Waals surface area contributed by atoms with E-state index in [1.54, 1.807) is 0 Å². The van der Waals surface area contributed by atoms with Gasteiger partial charge in [0.15, 0.2) is 0 Å². The average Bonchev–Trinajstić information content (AvgIpc) is 1.85. The molecule has 0 aliphatic heterocycles. The molecule has 1 atom stereocenters. The van der Waals surface area contributed by atoms with Gasteiger partial charge in [-0.25, -0.2) is 8.78 Å². The predicted molar refractivity (Wildman–Crippen MR) is 36.1 cm³/mol. The van der Waals surface area contributed by atoms with Crippen LogP contribution in [-0.4, -0.2) is 11.8 Å². The Morgan fingerprint density at radius 1 is 1.45 bits per heavy atom. The number of carbonyl (C=O) groups is 1. The average molecular weight is 163 g/mol. The van der Waals surface area contributed by atoms with Gasteiger partial charge in [0.2, 0.25) is 5.91 Å². The standard InChI is InChI=1S/C7H11F2NO/c8-7(9)4-2-1-3-5(7)6(10)11/h5H,1-4H2,(H2,10,11). The molecule has 11 heavy (non-hydrogen) atoms. The second kappa shape index (κ2) is 2.75. The largest absolute Gasteiger partial charge is 0.369 e. The maximum Gasteiger partial charge on any atom is 0.259 e. The van der Waals surface area contributed by atoms with Crippen LogP contribution in [0.1, 0.15) is 25.7 Å². The van der Waals surface area contributed by atoms with Gasteiger partial charge in [-0.1, -0.05) is 6.42 Å². The van der Waals surface area contributed by atoms with Gasteiger partial charge in [0.05, 0.1) is 0 Å². The summed E-state index contributed by atoms with van der Waals surface area (Å²) in [5.74, 6) is -4.95. The van der Waals surface area contributed by atoms with Crippen molar-refractivity contribution in [3.63, 3.8) is 0 Å². The number of hydrogen-bond acceptors (Lipinski definition) is 1. The molecule has 2 nitrogen and oxygen atoms in total. The number of rotatable bonds is 1. The molecule has 0 aromatic carbocycles. The van der Waals surface area contributed by atoms with E-state index in [0.717, 1.165) is 0 Å². The summed E-state index contributed by atoms with van der Waals surface area (Å²) < 4.78 is 25.6. The van der Waals surface area contributed by atoms with Gasteiger partial charge in [-0.15, -0.1) is 0 Å². The summed E-state index contributed by atoms with van der Waals surface area (Å²) in [5, 5.41) is 0. The molecule has 0 spiro atoms. The fourth-order valence-electron chi connectivity index (χ4n) is 1.44. The van der Waals surface area contributed by atoms with Crippen LogP contribution in [0.4, 0.5) is 8.78 Å². The van der Waals surface area contributed by atoms with Crippen molar-refractivity contribution in [3.8, 4) is 0 Å². The van der Waals surface area contributed by atoms with Gasteiger partial charge in [0.1, 0.15) is 5.92 Å². The quantitative estimate of drug-likeness (QED) is 0.622. The Balaban J connectivity index is 2.67. The van der Waals surface area contributed by atoms with Gasteiger partial charge in [-0.2, -0.15) is 0 Å². The van der Waals surface area contributed by atoms with Crippen molar-refractivity contribution in [2.45, 2.75) is 31.6 Å². The van der Waals surface area contributed by atoms with Crippen molar-refractivity contribution < 1.29 is 13.6 Å². The normalized spacial score (nSPS) is 29.8. The van der Waals surface area contributed by atoms with Gasteiger partial charge in [-0.05, 0) is 12.8 Å². The highest BCUT2D eigenvalue weighted by atomic mass is 19.3. The minimum Gasteiger partial charge on any atom is -0.369 e. The molecule has 1 aliphatic rings. The lowest BCUT2D eigenvalue weighted by molar-refractivity contribution is -0.142. The molecule has 4 heteroatoms. The molecule has 1 saturated carbocycles. The summed E-state index contributed by atoms with van der Waals surface area (Å²) in [6.45, 7) is 0. The SMILES string of the molecule is NC(=O)C1CCCCC1(F)F. The summed E-state index contributed by atoms with van der Waals surface area (Å²) in [7, 11) is 0. The Hall–Kier alpha value is -0.670. The van der Waals surface area contributed by atoms with Gasteiger partial charge < -0.3 is 5.73 Å². The summed E-state index contributed by atoms with van der Waals surface area (Å²) in [5.41, 5.74) is 4.82. The van der Waals surface area contributed by atoms with Crippen molar-refractivity contribution in [2.24, 2.45) is 11.7 Å². The van der Waals surface area contributed by atoms with Gasteiger partial charge in [0, 0.05) is 6.42 Å². The maximum absolute atomic E-state index is 12.8. The van der Waals surface area contributed by atoms with Crippen LogP contribution in [0, 0.1) is 5.92 Å². The van der Waals surface area contributed by atoms with Gasteiger partial charge in [-0.3, -0.25) is 4.79 Å². The van der Waals surface area contributed by atoms with E-state index in [-0.39, 0.29) is 12.8 Å². The smallest absolute Gasteiger partial charge is 0.259 e. The van der Waals surface area contributed by atoms with E-state index in [1.807, 2.05) is 0 Å². The summed E-state index contributed by atoms with van der Waals surface area (Å²) in [6.07, 6.45) is 1.23. The van der Waals surface area contributed by atoms with E-state index < -0.39 is 17.7 Å². The Bertz CT molecular complexity index is 170. The molecular formula is C7H11F2NO. The van der Waals surface area contributed by atoms with Crippen LogP contribution in [0.15, 0.2) is 0 Å². The zero-order valence-electron chi connectivity index (χ0n) is 6.15. The van der Waals surface area contributed by atoms with Gasteiger partial charge >= 0.3 is 0 Å². The third kappa shape index (κ3) is 1.67. The minimum atomic E-state index is -2.86. The number of primary amides is 1. The highest BCUT2D eigenvalue weighted by Gasteiger charge is 2.44. The zero-order chi connectivity index (χ0) is 8.48. The molecule has 1 amide bonds. The van der Waals surface area contributed by atoms with E-state index in [2.05, 4.69) is 0 Å². The molecule has 1 rings (SSSR count). The van der Waals surface area contributed by atoms with E-state index in [0.29, 0.717) is 12.8 Å². The summed E-state index contributed by atoms with van der Waals surface area (Å²) in [6, 6.07) is 0. The van der Waals surface area contributed by atoms with Crippen molar-refractivity contribution in [2.75, 3.05) is 0 Å². The second-order valence-corrected chi connectivity index (χ2v) is 2.96. The molecular weight excluding hydrogens is 152 g/mol. The van der Waals surface area contributed by atoms with Crippen molar-refractivity contribution in [1.29, 1.82) is 0 Å². The number of carbonyl (C=O) groups excluding carboxylic acids is 1. The number of halogens is 2. The van der Waals surface area contributed by atoms with Crippen LogP contribution in [0.25, 0.3) is 0 Å². The second-order valence-electron chi connectivity index (χ2n) is 2.96. The van der Waals surface area contributed by atoms with Crippen molar-refractivity contribution >= 4 is 5.91 Å². The molecule has 0 aromatic heterocycles. The Morgan fingerprint density at radius 2 is 2.09 bits per heavy atom. The molecule has 64 valence electrons. The summed E-state index contributed by atoms with van der Waals surface area (Å²) >= 11 is 0.